The van der Waals surface area contributed by atoms with E-state index in [1.807, 2.05) is 42.7 Å². The molecule has 2 heterocycles. The predicted octanol–water partition coefficient (Wildman–Crippen LogP) is 2.31. The van der Waals surface area contributed by atoms with Gasteiger partial charge < -0.3 is 14.4 Å². The summed E-state index contributed by atoms with van der Waals surface area (Å²) in [6.45, 7) is 6.00. The molecule has 23 heavy (non-hydrogen) atoms. The van der Waals surface area contributed by atoms with Crippen LogP contribution in [0.1, 0.15) is 25.6 Å². The van der Waals surface area contributed by atoms with Crippen LogP contribution in [0.4, 0.5) is 0 Å². The van der Waals surface area contributed by atoms with Gasteiger partial charge in [-0.2, -0.15) is 0 Å². The van der Waals surface area contributed by atoms with E-state index in [0.717, 1.165) is 50.6 Å². The highest BCUT2D eigenvalue weighted by atomic mass is 16.5. The fourth-order valence-electron chi connectivity index (χ4n) is 2.99. The van der Waals surface area contributed by atoms with Crippen molar-refractivity contribution in [3.05, 3.63) is 48.5 Å². The Balaban J connectivity index is 1.49. The Kier molecular flexibility index (Phi) is 4.98. The van der Waals surface area contributed by atoms with Crippen LogP contribution in [-0.4, -0.2) is 44.9 Å². The highest BCUT2D eigenvalue weighted by Crippen LogP contribution is 2.24. The van der Waals surface area contributed by atoms with Crippen LogP contribution in [0.5, 0.6) is 5.75 Å². The topological polar surface area (TPSA) is 50.5 Å². The van der Waals surface area contributed by atoms with E-state index in [9.17, 15) is 5.11 Å². The molecule has 5 heteroatoms. The number of hydrogen-bond acceptors (Lipinski definition) is 4. The Hall–Kier alpha value is -1.85. The monoisotopic (exact) mass is 315 g/mol. The molecule has 0 unspecified atom stereocenters. The van der Waals surface area contributed by atoms with Gasteiger partial charge in [0.05, 0.1) is 6.54 Å². The van der Waals surface area contributed by atoms with Crippen LogP contribution in [-0.2, 0) is 13.1 Å². The fourth-order valence-corrected chi connectivity index (χ4v) is 2.99. The van der Waals surface area contributed by atoms with Crippen LogP contribution in [0.25, 0.3) is 0 Å². The van der Waals surface area contributed by atoms with Crippen molar-refractivity contribution in [3.63, 3.8) is 0 Å². The number of likely N-dealkylation sites (tertiary alicyclic amines) is 1. The van der Waals surface area contributed by atoms with Crippen LogP contribution < -0.4 is 4.74 Å². The van der Waals surface area contributed by atoms with Crippen molar-refractivity contribution >= 4 is 0 Å². The van der Waals surface area contributed by atoms with E-state index in [0.29, 0.717) is 6.61 Å². The van der Waals surface area contributed by atoms with Crippen molar-refractivity contribution in [1.29, 1.82) is 0 Å². The second-order valence-electron chi connectivity index (χ2n) is 6.23. The number of piperidine rings is 1. The minimum Gasteiger partial charge on any atom is -0.491 e. The van der Waals surface area contributed by atoms with Gasteiger partial charge in [0.1, 0.15) is 23.8 Å². The molecule has 1 aromatic carbocycles. The Morgan fingerprint density at radius 2 is 1.96 bits per heavy atom. The number of para-hydroxylation sites is 1. The summed E-state index contributed by atoms with van der Waals surface area (Å²) in [6, 6.07) is 9.68. The van der Waals surface area contributed by atoms with Crippen molar-refractivity contribution in [2.24, 2.45) is 0 Å². The number of hydrogen-bond donors (Lipinski definition) is 1. The summed E-state index contributed by atoms with van der Waals surface area (Å²) >= 11 is 0. The zero-order chi connectivity index (χ0) is 16.1. The molecular weight excluding hydrogens is 290 g/mol. The SMILES string of the molecule is CCn1ccnc1CN1CCC(O)(COc2ccccc2)CC1. The second kappa shape index (κ2) is 7.15. The van der Waals surface area contributed by atoms with E-state index in [2.05, 4.69) is 21.4 Å². The van der Waals surface area contributed by atoms with Gasteiger partial charge in [0, 0.05) is 32.0 Å². The third-order valence-electron chi connectivity index (χ3n) is 4.54. The lowest BCUT2D eigenvalue weighted by Crippen LogP contribution is -2.47. The maximum Gasteiger partial charge on any atom is 0.122 e. The minimum absolute atomic E-state index is 0.356. The lowest BCUT2D eigenvalue weighted by molar-refractivity contribution is -0.0541. The summed E-state index contributed by atoms with van der Waals surface area (Å²) in [5, 5.41) is 10.7. The number of aliphatic hydroxyl groups is 1. The molecule has 3 rings (SSSR count). The van der Waals surface area contributed by atoms with Crippen molar-refractivity contribution in [1.82, 2.24) is 14.5 Å². The Morgan fingerprint density at radius 1 is 1.22 bits per heavy atom. The summed E-state index contributed by atoms with van der Waals surface area (Å²) in [6.07, 6.45) is 5.33. The highest BCUT2D eigenvalue weighted by molar-refractivity contribution is 5.21. The summed E-state index contributed by atoms with van der Waals surface area (Å²) in [4.78, 5) is 6.78. The molecule has 1 saturated heterocycles. The number of imidazole rings is 1. The third-order valence-corrected chi connectivity index (χ3v) is 4.54. The van der Waals surface area contributed by atoms with Crippen LogP contribution in [0, 0.1) is 0 Å². The van der Waals surface area contributed by atoms with Crippen LogP contribution in [0.2, 0.25) is 0 Å². The predicted molar refractivity (Wildman–Crippen MR) is 89.3 cm³/mol. The summed E-state index contributed by atoms with van der Waals surface area (Å²) in [5.74, 6) is 1.91. The molecular formula is C18H25N3O2. The maximum atomic E-state index is 10.7. The van der Waals surface area contributed by atoms with Gasteiger partial charge in [0.2, 0.25) is 0 Å². The standard InChI is InChI=1S/C18H25N3O2/c1-2-21-13-10-19-17(21)14-20-11-8-18(22,9-12-20)15-23-16-6-4-3-5-7-16/h3-7,10,13,22H,2,8-9,11-12,14-15H2,1H3. The van der Waals surface area contributed by atoms with E-state index in [1.165, 1.54) is 0 Å². The molecule has 0 aliphatic carbocycles. The molecule has 1 aliphatic rings. The lowest BCUT2D eigenvalue weighted by Gasteiger charge is -2.37. The molecule has 0 saturated carbocycles. The van der Waals surface area contributed by atoms with Gasteiger partial charge in [-0.15, -0.1) is 0 Å². The first-order chi connectivity index (χ1) is 11.2. The minimum atomic E-state index is -0.730. The van der Waals surface area contributed by atoms with E-state index in [4.69, 9.17) is 4.74 Å². The van der Waals surface area contributed by atoms with Gasteiger partial charge in [0.25, 0.3) is 0 Å². The fraction of sp³-hybridized carbons (Fsp3) is 0.500. The van der Waals surface area contributed by atoms with Gasteiger partial charge in [-0.25, -0.2) is 4.98 Å². The Labute approximate surface area is 137 Å². The van der Waals surface area contributed by atoms with Crippen molar-refractivity contribution in [2.75, 3.05) is 19.7 Å². The average molecular weight is 315 g/mol. The number of ether oxygens (including phenoxy) is 1. The Morgan fingerprint density at radius 3 is 2.65 bits per heavy atom. The van der Waals surface area contributed by atoms with E-state index < -0.39 is 5.60 Å². The quantitative estimate of drug-likeness (QED) is 0.889. The van der Waals surface area contributed by atoms with Gasteiger partial charge in [-0.05, 0) is 31.9 Å². The van der Waals surface area contributed by atoms with E-state index in [-0.39, 0.29) is 0 Å². The van der Waals surface area contributed by atoms with Gasteiger partial charge in [0.15, 0.2) is 0 Å². The molecule has 2 aromatic rings. The Bertz CT molecular complexity index is 604. The molecule has 124 valence electrons. The number of benzene rings is 1. The van der Waals surface area contributed by atoms with Crippen molar-refractivity contribution < 1.29 is 9.84 Å². The van der Waals surface area contributed by atoms with Crippen LogP contribution in [0.15, 0.2) is 42.7 Å². The first-order valence-electron chi connectivity index (χ1n) is 8.31. The maximum absolute atomic E-state index is 10.7. The average Bonchev–Trinajstić information content (AvgIpc) is 3.04. The normalized spacial score (nSPS) is 18.0. The van der Waals surface area contributed by atoms with Crippen molar-refractivity contribution in [2.45, 2.75) is 38.5 Å². The molecule has 0 radical (unpaired) electrons. The highest BCUT2D eigenvalue weighted by Gasteiger charge is 2.33. The number of aryl methyl sites for hydroxylation is 1. The zero-order valence-electron chi connectivity index (χ0n) is 13.7. The summed E-state index contributed by atoms with van der Waals surface area (Å²) in [5.41, 5.74) is -0.730. The number of nitrogens with zero attached hydrogens (tertiary/aromatic N) is 3. The molecule has 0 spiro atoms. The van der Waals surface area contributed by atoms with E-state index >= 15 is 0 Å². The molecule has 1 aromatic heterocycles. The zero-order valence-corrected chi connectivity index (χ0v) is 13.7. The number of aromatic nitrogens is 2. The van der Waals surface area contributed by atoms with Gasteiger partial charge in [-0.3, -0.25) is 4.90 Å². The molecule has 1 aliphatic heterocycles. The lowest BCUT2D eigenvalue weighted by atomic mass is 9.92. The van der Waals surface area contributed by atoms with Gasteiger partial charge >= 0.3 is 0 Å². The molecule has 0 bridgehead atoms. The van der Waals surface area contributed by atoms with E-state index in [1.54, 1.807) is 0 Å². The molecule has 5 nitrogen and oxygen atoms in total. The largest absolute Gasteiger partial charge is 0.491 e. The molecule has 0 amide bonds. The van der Waals surface area contributed by atoms with Crippen LogP contribution in [0.3, 0.4) is 0 Å². The number of rotatable bonds is 6. The molecule has 1 N–H and O–H groups in total. The third kappa shape index (κ3) is 4.12. The first kappa shape index (κ1) is 16.0. The smallest absolute Gasteiger partial charge is 0.122 e. The van der Waals surface area contributed by atoms with Crippen LogP contribution >= 0.6 is 0 Å². The summed E-state index contributed by atoms with van der Waals surface area (Å²) < 4.78 is 7.91. The summed E-state index contributed by atoms with van der Waals surface area (Å²) in [7, 11) is 0. The molecule has 0 atom stereocenters. The van der Waals surface area contributed by atoms with Crippen molar-refractivity contribution in [3.8, 4) is 5.75 Å². The second-order valence-corrected chi connectivity index (χ2v) is 6.23. The van der Waals surface area contributed by atoms with Gasteiger partial charge in [-0.1, -0.05) is 18.2 Å². The molecule has 1 fully saturated rings. The first-order valence-corrected chi connectivity index (χ1v) is 8.31.